The van der Waals surface area contributed by atoms with Gasteiger partial charge in [-0.3, -0.25) is 9.59 Å². The van der Waals surface area contributed by atoms with E-state index in [1.54, 1.807) is 53.4 Å². The Bertz CT molecular complexity index is 1110. The van der Waals surface area contributed by atoms with Gasteiger partial charge in [-0.1, -0.05) is 29.8 Å². The maximum atomic E-state index is 12.9. The van der Waals surface area contributed by atoms with Gasteiger partial charge in [-0.15, -0.1) is 0 Å². The Balaban J connectivity index is 1.36. The van der Waals surface area contributed by atoms with E-state index in [1.165, 1.54) is 4.31 Å². The van der Waals surface area contributed by atoms with Crippen LogP contribution in [-0.2, 0) is 14.8 Å². The second kappa shape index (κ2) is 10.1. The monoisotopic (exact) mass is 490 g/mol. The number of rotatable bonds is 6. The van der Waals surface area contributed by atoms with E-state index in [-0.39, 0.29) is 36.3 Å². The SMILES string of the molecule is O=C(CNc1cc(Cl)ccc1C(=O)N1CCCC1)N1CCN(S(=O)(=O)c2ccccc2)CC1. The quantitative estimate of drug-likeness (QED) is 0.672. The number of carbonyl (C=O) groups is 2. The van der Waals surface area contributed by atoms with Crippen molar-refractivity contribution in [2.75, 3.05) is 51.1 Å². The molecule has 2 aromatic rings. The van der Waals surface area contributed by atoms with Crippen molar-refractivity contribution >= 4 is 39.1 Å². The summed E-state index contributed by atoms with van der Waals surface area (Å²) in [5, 5.41) is 3.54. The lowest BCUT2D eigenvalue weighted by atomic mass is 10.1. The summed E-state index contributed by atoms with van der Waals surface area (Å²) < 4.78 is 27.0. The second-order valence-electron chi connectivity index (χ2n) is 8.14. The third-order valence-electron chi connectivity index (χ3n) is 6.01. The summed E-state index contributed by atoms with van der Waals surface area (Å²) >= 11 is 6.13. The van der Waals surface area contributed by atoms with E-state index >= 15 is 0 Å². The fourth-order valence-electron chi connectivity index (χ4n) is 4.14. The number of hydrogen-bond donors (Lipinski definition) is 1. The first-order chi connectivity index (χ1) is 15.9. The first-order valence-electron chi connectivity index (χ1n) is 11.0. The van der Waals surface area contributed by atoms with Crippen molar-refractivity contribution in [1.29, 1.82) is 0 Å². The summed E-state index contributed by atoms with van der Waals surface area (Å²) in [6, 6.07) is 13.3. The van der Waals surface area contributed by atoms with Gasteiger partial charge < -0.3 is 15.1 Å². The minimum Gasteiger partial charge on any atom is -0.375 e. The van der Waals surface area contributed by atoms with E-state index in [9.17, 15) is 18.0 Å². The lowest BCUT2D eigenvalue weighted by Gasteiger charge is -2.34. The molecule has 0 saturated carbocycles. The van der Waals surface area contributed by atoms with Gasteiger partial charge in [-0.05, 0) is 43.2 Å². The van der Waals surface area contributed by atoms with E-state index in [0.29, 0.717) is 29.4 Å². The molecule has 0 radical (unpaired) electrons. The summed E-state index contributed by atoms with van der Waals surface area (Å²) in [6.07, 6.45) is 1.99. The topological polar surface area (TPSA) is 90.0 Å². The standard InChI is InChI=1S/C23H27ClN4O4S/c24-18-8-9-20(23(30)27-10-4-5-11-27)21(16-18)25-17-22(29)26-12-14-28(15-13-26)33(31,32)19-6-2-1-3-7-19/h1-3,6-9,16,25H,4-5,10-15,17H2. The highest BCUT2D eigenvalue weighted by atomic mass is 35.5. The van der Waals surface area contributed by atoms with Crippen LogP contribution in [0.4, 0.5) is 5.69 Å². The normalized spacial score (nSPS) is 17.2. The predicted octanol–water partition coefficient (Wildman–Crippen LogP) is 2.52. The number of carbonyl (C=O) groups excluding carboxylic acids is 2. The average Bonchev–Trinajstić information content (AvgIpc) is 3.38. The summed E-state index contributed by atoms with van der Waals surface area (Å²) in [4.78, 5) is 29.3. The molecule has 0 aromatic heterocycles. The van der Waals surface area contributed by atoms with Crippen LogP contribution in [0.1, 0.15) is 23.2 Å². The highest BCUT2D eigenvalue weighted by Crippen LogP contribution is 2.24. The molecular weight excluding hydrogens is 464 g/mol. The van der Waals surface area contributed by atoms with E-state index in [4.69, 9.17) is 11.6 Å². The molecule has 176 valence electrons. The van der Waals surface area contributed by atoms with Crippen molar-refractivity contribution < 1.29 is 18.0 Å². The van der Waals surface area contributed by atoms with E-state index in [2.05, 4.69) is 5.32 Å². The molecule has 0 atom stereocenters. The first-order valence-corrected chi connectivity index (χ1v) is 12.8. The van der Waals surface area contributed by atoms with Crippen LogP contribution in [-0.4, -0.2) is 80.2 Å². The minimum atomic E-state index is -3.57. The Morgan fingerprint density at radius 2 is 1.55 bits per heavy atom. The third kappa shape index (κ3) is 5.31. The smallest absolute Gasteiger partial charge is 0.255 e. The van der Waals surface area contributed by atoms with Crippen LogP contribution >= 0.6 is 11.6 Å². The number of amides is 2. The Hall–Kier alpha value is -2.62. The van der Waals surface area contributed by atoms with Crippen molar-refractivity contribution in [1.82, 2.24) is 14.1 Å². The van der Waals surface area contributed by atoms with Crippen LogP contribution in [0.2, 0.25) is 5.02 Å². The highest BCUT2D eigenvalue weighted by molar-refractivity contribution is 7.89. The zero-order valence-electron chi connectivity index (χ0n) is 18.2. The van der Waals surface area contributed by atoms with Crippen LogP contribution < -0.4 is 5.32 Å². The highest BCUT2D eigenvalue weighted by Gasteiger charge is 2.30. The van der Waals surface area contributed by atoms with Gasteiger partial charge >= 0.3 is 0 Å². The molecule has 0 aliphatic carbocycles. The van der Waals surface area contributed by atoms with Gasteiger partial charge in [0.25, 0.3) is 5.91 Å². The van der Waals surface area contributed by atoms with Gasteiger partial charge in [0.1, 0.15) is 0 Å². The molecular formula is C23H27ClN4O4S. The largest absolute Gasteiger partial charge is 0.375 e. The van der Waals surface area contributed by atoms with Gasteiger partial charge in [0.15, 0.2) is 0 Å². The Morgan fingerprint density at radius 3 is 2.21 bits per heavy atom. The molecule has 1 N–H and O–H groups in total. The fourth-order valence-corrected chi connectivity index (χ4v) is 5.76. The molecule has 2 saturated heterocycles. The fraction of sp³-hybridized carbons (Fsp3) is 0.391. The van der Waals surface area contributed by atoms with Gasteiger partial charge in [0.2, 0.25) is 15.9 Å². The number of piperazine rings is 1. The molecule has 4 rings (SSSR count). The number of nitrogens with one attached hydrogen (secondary N) is 1. The maximum Gasteiger partial charge on any atom is 0.255 e. The summed E-state index contributed by atoms with van der Waals surface area (Å²) in [7, 11) is -3.57. The Labute approximate surface area is 199 Å². The minimum absolute atomic E-state index is 0.00788. The van der Waals surface area contributed by atoms with Crippen LogP contribution in [0, 0.1) is 0 Å². The molecule has 2 aliphatic heterocycles. The maximum absolute atomic E-state index is 12.9. The van der Waals surface area contributed by atoms with Crippen molar-refractivity contribution in [3.8, 4) is 0 Å². The van der Waals surface area contributed by atoms with Gasteiger partial charge in [0, 0.05) is 50.0 Å². The molecule has 0 spiro atoms. The molecule has 33 heavy (non-hydrogen) atoms. The molecule has 0 bridgehead atoms. The lowest BCUT2D eigenvalue weighted by molar-refractivity contribution is -0.130. The molecule has 2 fully saturated rings. The zero-order chi connectivity index (χ0) is 23.4. The molecule has 8 nitrogen and oxygen atoms in total. The second-order valence-corrected chi connectivity index (χ2v) is 10.5. The number of hydrogen-bond acceptors (Lipinski definition) is 5. The summed E-state index contributed by atoms with van der Waals surface area (Å²) in [5.74, 6) is -0.231. The van der Waals surface area contributed by atoms with Crippen LogP contribution in [0.25, 0.3) is 0 Å². The van der Waals surface area contributed by atoms with Crippen molar-refractivity contribution in [3.05, 3.63) is 59.1 Å². The molecule has 2 aromatic carbocycles. The summed E-state index contributed by atoms with van der Waals surface area (Å²) in [6.45, 7) is 2.54. The first kappa shape index (κ1) is 23.5. The van der Waals surface area contributed by atoms with E-state index < -0.39 is 10.0 Å². The summed E-state index contributed by atoms with van der Waals surface area (Å²) in [5.41, 5.74) is 1.02. The van der Waals surface area contributed by atoms with Gasteiger partial charge in [-0.25, -0.2) is 8.42 Å². The third-order valence-corrected chi connectivity index (χ3v) is 8.16. The number of nitrogens with zero attached hydrogens (tertiary/aromatic N) is 3. The van der Waals surface area contributed by atoms with Crippen molar-refractivity contribution in [3.63, 3.8) is 0 Å². The predicted molar refractivity (Wildman–Crippen MR) is 127 cm³/mol. The molecule has 2 amide bonds. The Morgan fingerprint density at radius 1 is 0.879 bits per heavy atom. The average molecular weight is 491 g/mol. The number of halogens is 1. The molecule has 2 heterocycles. The molecule has 10 heteroatoms. The number of anilines is 1. The van der Waals surface area contributed by atoms with Crippen LogP contribution in [0.15, 0.2) is 53.4 Å². The van der Waals surface area contributed by atoms with Crippen LogP contribution in [0.5, 0.6) is 0 Å². The van der Waals surface area contributed by atoms with Crippen molar-refractivity contribution in [2.45, 2.75) is 17.7 Å². The van der Waals surface area contributed by atoms with Gasteiger partial charge in [0.05, 0.1) is 17.0 Å². The van der Waals surface area contributed by atoms with E-state index in [1.807, 2.05) is 4.90 Å². The molecule has 0 unspecified atom stereocenters. The number of likely N-dealkylation sites (tertiary alicyclic amines) is 1. The zero-order valence-corrected chi connectivity index (χ0v) is 19.8. The van der Waals surface area contributed by atoms with Crippen LogP contribution in [0.3, 0.4) is 0 Å². The van der Waals surface area contributed by atoms with Gasteiger partial charge in [-0.2, -0.15) is 4.31 Å². The Kier molecular flexibility index (Phi) is 7.21. The lowest BCUT2D eigenvalue weighted by Crippen LogP contribution is -2.51. The molecule has 2 aliphatic rings. The van der Waals surface area contributed by atoms with Crippen molar-refractivity contribution in [2.24, 2.45) is 0 Å². The van der Waals surface area contributed by atoms with E-state index in [0.717, 1.165) is 25.9 Å². The number of benzene rings is 2. The number of sulfonamides is 1.